The first kappa shape index (κ1) is 31.6. The van der Waals surface area contributed by atoms with E-state index in [1.165, 1.54) is 6.92 Å². The molecule has 0 bridgehead atoms. The zero-order chi connectivity index (χ0) is 29.8. The van der Waals surface area contributed by atoms with Gasteiger partial charge in [-0.25, -0.2) is 4.79 Å². The molecular weight excluding hydrogens is 522 g/mol. The fourth-order valence-corrected chi connectivity index (χ4v) is 3.87. The minimum Gasteiger partial charge on any atom is -0.480 e. The van der Waals surface area contributed by atoms with Gasteiger partial charge in [-0.1, -0.05) is 18.2 Å². The normalized spacial score (nSPS) is 13.8. The third-order valence-electron chi connectivity index (χ3n) is 6.08. The van der Waals surface area contributed by atoms with Crippen molar-refractivity contribution < 1.29 is 29.1 Å². The van der Waals surface area contributed by atoms with Crippen molar-refractivity contribution in [2.24, 2.45) is 27.9 Å². The zero-order valence-corrected chi connectivity index (χ0v) is 22.2. The number of para-hydroxylation sites is 1. The SMILES string of the molecule is CC(NC(=O)C(N)CCC(N)=O)C(=O)NC(Cc1c[nH]c2ccccc12)C(=O)NC(CCCN=C(N)N)C(=O)O. The smallest absolute Gasteiger partial charge is 0.326 e. The number of primary amides is 1. The van der Waals surface area contributed by atoms with Crippen LogP contribution in [0.2, 0.25) is 0 Å². The highest BCUT2D eigenvalue weighted by atomic mass is 16.4. The second-order valence-corrected chi connectivity index (χ2v) is 9.31. The van der Waals surface area contributed by atoms with Crippen LogP contribution < -0.4 is 38.9 Å². The van der Waals surface area contributed by atoms with Crippen molar-refractivity contribution in [3.05, 3.63) is 36.0 Å². The number of hydrogen-bond acceptors (Lipinski definition) is 7. The lowest BCUT2D eigenvalue weighted by Gasteiger charge is -2.24. The minimum absolute atomic E-state index is 0.000855. The molecule has 4 amide bonds. The molecule has 4 unspecified atom stereocenters. The van der Waals surface area contributed by atoms with Gasteiger partial charge in [0.05, 0.1) is 6.04 Å². The Labute approximate surface area is 230 Å². The molecule has 1 heterocycles. The number of H-pyrrole nitrogens is 1. The van der Waals surface area contributed by atoms with E-state index in [4.69, 9.17) is 22.9 Å². The van der Waals surface area contributed by atoms with Gasteiger partial charge in [-0.3, -0.25) is 24.2 Å². The number of nitrogens with zero attached hydrogens (tertiary/aromatic N) is 1. The molecule has 2 aromatic rings. The number of benzene rings is 1. The maximum atomic E-state index is 13.3. The molecule has 0 aliphatic heterocycles. The quantitative estimate of drug-likeness (QED) is 0.0619. The molecule has 0 aliphatic rings. The van der Waals surface area contributed by atoms with Crippen LogP contribution in [0, 0.1) is 0 Å². The van der Waals surface area contributed by atoms with Crippen LogP contribution in [0.1, 0.15) is 38.2 Å². The molecular formula is C25H37N9O6. The summed E-state index contributed by atoms with van der Waals surface area (Å²) in [6.45, 7) is 1.58. The number of aliphatic imine (C=N–C) groups is 1. The Hall–Kier alpha value is -4.66. The number of nitrogens with one attached hydrogen (secondary N) is 4. The van der Waals surface area contributed by atoms with Gasteiger partial charge in [-0.15, -0.1) is 0 Å². The van der Waals surface area contributed by atoms with E-state index in [0.29, 0.717) is 5.56 Å². The molecule has 13 N–H and O–H groups in total. The number of nitrogens with two attached hydrogens (primary N) is 4. The van der Waals surface area contributed by atoms with Crippen molar-refractivity contribution in [2.45, 2.75) is 63.2 Å². The maximum Gasteiger partial charge on any atom is 0.326 e. The fourth-order valence-electron chi connectivity index (χ4n) is 3.87. The van der Waals surface area contributed by atoms with Gasteiger partial charge in [0.15, 0.2) is 5.96 Å². The molecule has 0 radical (unpaired) electrons. The Balaban J connectivity index is 2.17. The summed E-state index contributed by atoms with van der Waals surface area (Å²) in [6.07, 6.45) is 1.96. The largest absolute Gasteiger partial charge is 0.480 e. The Morgan fingerprint density at radius 1 is 0.950 bits per heavy atom. The number of aliphatic carboxylic acids is 1. The Morgan fingerprint density at radius 3 is 2.27 bits per heavy atom. The van der Waals surface area contributed by atoms with Crippen LogP contribution in [0.15, 0.2) is 35.5 Å². The van der Waals surface area contributed by atoms with Crippen LogP contribution in [0.5, 0.6) is 0 Å². The highest BCUT2D eigenvalue weighted by Gasteiger charge is 2.29. The number of guanidine groups is 1. The van der Waals surface area contributed by atoms with Crippen LogP contribution in [0.25, 0.3) is 10.9 Å². The Kier molecular flexibility index (Phi) is 11.9. The third-order valence-corrected chi connectivity index (χ3v) is 6.08. The molecule has 15 nitrogen and oxygen atoms in total. The summed E-state index contributed by atoms with van der Waals surface area (Å²) in [5.41, 5.74) is 22.9. The van der Waals surface area contributed by atoms with E-state index in [0.717, 1.165) is 10.9 Å². The van der Waals surface area contributed by atoms with E-state index in [-0.39, 0.29) is 44.6 Å². The van der Waals surface area contributed by atoms with Crippen LogP contribution in [0.3, 0.4) is 0 Å². The average molecular weight is 560 g/mol. The van der Waals surface area contributed by atoms with Crippen LogP contribution >= 0.6 is 0 Å². The van der Waals surface area contributed by atoms with Gasteiger partial charge in [0.2, 0.25) is 23.6 Å². The van der Waals surface area contributed by atoms with E-state index < -0.39 is 53.8 Å². The average Bonchev–Trinajstić information content (AvgIpc) is 3.30. The second kappa shape index (κ2) is 15.1. The van der Waals surface area contributed by atoms with E-state index >= 15 is 0 Å². The molecule has 15 heteroatoms. The summed E-state index contributed by atoms with van der Waals surface area (Å²) < 4.78 is 0. The van der Waals surface area contributed by atoms with Crippen molar-refractivity contribution >= 4 is 46.5 Å². The lowest BCUT2D eigenvalue weighted by atomic mass is 10.0. The molecule has 218 valence electrons. The molecule has 1 aromatic carbocycles. The minimum atomic E-state index is -1.26. The third kappa shape index (κ3) is 9.90. The lowest BCUT2D eigenvalue weighted by molar-refractivity contribution is -0.142. The number of carbonyl (C=O) groups excluding carboxylic acids is 4. The zero-order valence-electron chi connectivity index (χ0n) is 22.2. The molecule has 2 rings (SSSR count). The number of carboxylic acid groups (broad SMARTS) is 1. The number of fused-ring (bicyclic) bond motifs is 1. The number of carbonyl (C=O) groups is 5. The summed E-state index contributed by atoms with van der Waals surface area (Å²) in [6, 6.07) is 2.75. The monoisotopic (exact) mass is 559 g/mol. The van der Waals surface area contributed by atoms with Gasteiger partial charge < -0.3 is 49.0 Å². The maximum absolute atomic E-state index is 13.3. The summed E-state index contributed by atoms with van der Waals surface area (Å²) in [5.74, 6) is -4.11. The first-order chi connectivity index (χ1) is 18.9. The van der Waals surface area contributed by atoms with Gasteiger partial charge in [0.1, 0.15) is 18.1 Å². The summed E-state index contributed by atoms with van der Waals surface area (Å²) >= 11 is 0. The van der Waals surface area contributed by atoms with Gasteiger partial charge in [-0.2, -0.15) is 0 Å². The number of aromatic nitrogens is 1. The molecule has 0 saturated heterocycles. The molecule has 0 spiro atoms. The van der Waals surface area contributed by atoms with Gasteiger partial charge in [0, 0.05) is 36.5 Å². The molecule has 4 atom stereocenters. The topological polar surface area (TPSA) is 274 Å². The first-order valence-electron chi connectivity index (χ1n) is 12.7. The lowest BCUT2D eigenvalue weighted by Crippen LogP contribution is -2.57. The predicted octanol–water partition coefficient (Wildman–Crippen LogP) is -2.08. The van der Waals surface area contributed by atoms with Gasteiger partial charge in [-0.05, 0) is 37.8 Å². The molecule has 0 aliphatic carbocycles. The molecule has 0 fully saturated rings. The Morgan fingerprint density at radius 2 is 1.62 bits per heavy atom. The van der Waals surface area contributed by atoms with Crippen molar-refractivity contribution in [2.75, 3.05) is 6.54 Å². The highest BCUT2D eigenvalue weighted by Crippen LogP contribution is 2.19. The van der Waals surface area contributed by atoms with Crippen LogP contribution in [-0.2, 0) is 30.4 Å². The number of hydrogen-bond donors (Lipinski definition) is 9. The highest BCUT2D eigenvalue weighted by molar-refractivity contribution is 5.94. The van der Waals surface area contributed by atoms with Crippen LogP contribution in [0.4, 0.5) is 0 Å². The summed E-state index contributed by atoms with van der Waals surface area (Å²) in [7, 11) is 0. The van der Waals surface area contributed by atoms with Crippen LogP contribution in [-0.4, -0.2) is 76.4 Å². The van der Waals surface area contributed by atoms with E-state index in [9.17, 15) is 29.1 Å². The van der Waals surface area contributed by atoms with Crippen molar-refractivity contribution in [1.82, 2.24) is 20.9 Å². The molecule has 1 aromatic heterocycles. The predicted molar refractivity (Wildman–Crippen MR) is 147 cm³/mol. The number of aromatic amines is 1. The van der Waals surface area contributed by atoms with E-state index in [1.807, 2.05) is 24.3 Å². The Bertz CT molecular complexity index is 1240. The molecule has 0 saturated carbocycles. The van der Waals surface area contributed by atoms with Crippen molar-refractivity contribution in [3.63, 3.8) is 0 Å². The molecule has 40 heavy (non-hydrogen) atoms. The number of rotatable bonds is 16. The van der Waals surface area contributed by atoms with E-state index in [2.05, 4.69) is 25.9 Å². The van der Waals surface area contributed by atoms with Crippen molar-refractivity contribution in [3.8, 4) is 0 Å². The summed E-state index contributed by atoms with van der Waals surface area (Å²) in [4.78, 5) is 68.3. The van der Waals surface area contributed by atoms with E-state index in [1.54, 1.807) is 6.20 Å². The second-order valence-electron chi connectivity index (χ2n) is 9.31. The van der Waals surface area contributed by atoms with Gasteiger partial charge in [0.25, 0.3) is 0 Å². The summed E-state index contributed by atoms with van der Waals surface area (Å²) in [5, 5.41) is 18.0. The number of amides is 4. The van der Waals surface area contributed by atoms with Gasteiger partial charge >= 0.3 is 5.97 Å². The number of carboxylic acids is 1. The standard InChI is InChI=1S/C25H37N9O6/c1-13(32-22(37)16(26)8-9-20(27)35)21(36)34-19(11-14-12-31-17-6-3-2-5-15(14)17)23(38)33-18(24(39)40)7-4-10-30-25(28)29/h2-3,5-6,12-13,16,18-19,31H,4,7-11,26H2,1H3,(H2,27,35)(H,32,37)(H,33,38)(H,34,36)(H,39,40)(H4,28,29,30). The fraction of sp³-hybridized carbons (Fsp3) is 0.440. The first-order valence-corrected chi connectivity index (χ1v) is 12.7. The van der Waals surface area contributed by atoms with Crippen molar-refractivity contribution in [1.29, 1.82) is 0 Å².